The lowest BCUT2D eigenvalue weighted by atomic mass is 10.1. The number of fused-ring (bicyclic) bond motifs is 1. The SMILES string of the molecule is COc1cc(-c2sc3c(c2C)c(=O)n(-c2ccncc2)c(=O)n3C)ccc1-n1cnc(C)c1. The van der Waals surface area contributed by atoms with Crippen molar-refractivity contribution in [1.29, 1.82) is 0 Å². The number of thiophene rings is 1. The predicted molar refractivity (Wildman–Crippen MR) is 129 cm³/mol. The summed E-state index contributed by atoms with van der Waals surface area (Å²) in [4.78, 5) is 36.3. The molecule has 9 heteroatoms. The van der Waals surface area contributed by atoms with Gasteiger partial charge in [-0.3, -0.25) is 14.3 Å². The van der Waals surface area contributed by atoms with Gasteiger partial charge in [-0.05, 0) is 49.2 Å². The lowest BCUT2D eigenvalue weighted by Crippen LogP contribution is -2.37. The lowest BCUT2D eigenvalue weighted by Gasteiger charge is -2.11. The number of methoxy groups -OCH3 is 1. The number of hydrogen-bond donors (Lipinski definition) is 0. The van der Waals surface area contributed by atoms with Crippen LogP contribution in [0, 0.1) is 13.8 Å². The highest BCUT2D eigenvalue weighted by molar-refractivity contribution is 7.22. The Hall–Kier alpha value is -3.98. The van der Waals surface area contributed by atoms with Gasteiger partial charge in [0.2, 0.25) is 0 Å². The van der Waals surface area contributed by atoms with Crippen molar-refractivity contribution in [3.63, 3.8) is 0 Å². The van der Waals surface area contributed by atoms with E-state index in [9.17, 15) is 9.59 Å². The van der Waals surface area contributed by atoms with Gasteiger partial charge in [-0.2, -0.15) is 0 Å². The van der Waals surface area contributed by atoms with E-state index in [-0.39, 0.29) is 5.56 Å². The maximum absolute atomic E-state index is 13.4. The van der Waals surface area contributed by atoms with E-state index in [1.165, 1.54) is 20.5 Å². The number of hydrogen-bond acceptors (Lipinski definition) is 6. The highest BCUT2D eigenvalue weighted by Crippen LogP contribution is 2.38. The van der Waals surface area contributed by atoms with E-state index in [4.69, 9.17) is 4.74 Å². The van der Waals surface area contributed by atoms with Crippen LogP contribution in [0.15, 0.2) is 64.8 Å². The molecule has 0 fully saturated rings. The molecule has 0 atom stereocenters. The number of nitrogens with zero attached hydrogens (tertiary/aromatic N) is 5. The molecule has 0 unspecified atom stereocenters. The van der Waals surface area contributed by atoms with Crippen molar-refractivity contribution < 1.29 is 4.74 Å². The molecular weight excluding hydrogens is 438 g/mol. The molecule has 0 aliphatic rings. The molecule has 4 heterocycles. The van der Waals surface area contributed by atoms with Crippen LogP contribution in [0.4, 0.5) is 0 Å². The second-order valence-electron chi connectivity index (χ2n) is 7.73. The summed E-state index contributed by atoms with van der Waals surface area (Å²) < 4.78 is 10.3. The number of benzene rings is 1. The Labute approximate surface area is 193 Å². The molecule has 0 aliphatic carbocycles. The van der Waals surface area contributed by atoms with Crippen LogP contribution in [0.1, 0.15) is 11.3 Å². The molecule has 0 radical (unpaired) electrons. The molecule has 166 valence electrons. The first-order valence-electron chi connectivity index (χ1n) is 10.3. The largest absolute Gasteiger partial charge is 0.495 e. The van der Waals surface area contributed by atoms with E-state index in [0.717, 1.165) is 27.4 Å². The monoisotopic (exact) mass is 459 g/mol. The fourth-order valence-corrected chi connectivity index (χ4v) is 5.25. The molecule has 8 nitrogen and oxygen atoms in total. The van der Waals surface area contributed by atoms with Gasteiger partial charge in [-0.15, -0.1) is 11.3 Å². The molecular formula is C24H21N5O3S. The summed E-state index contributed by atoms with van der Waals surface area (Å²) in [7, 11) is 3.31. The van der Waals surface area contributed by atoms with Crippen LogP contribution in [0.2, 0.25) is 0 Å². The Morgan fingerprint density at radius 1 is 1.06 bits per heavy atom. The maximum Gasteiger partial charge on any atom is 0.336 e. The van der Waals surface area contributed by atoms with Crippen molar-refractivity contribution in [2.75, 3.05) is 7.11 Å². The number of pyridine rings is 1. The molecule has 4 aromatic heterocycles. The first-order valence-corrected chi connectivity index (χ1v) is 11.1. The van der Waals surface area contributed by atoms with Crippen LogP contribution < -0.4 is 16.0 Å². The molecule has 0 aliphatic heterocycles. The minimum Gasteiger partial charge on any atom is -0.495 e. The zero-order valence-electron chi connectivity index (χ0n) is 18.6. The van der Waals surface area contributed by atoms with E-state index in [2.05, 4.69) is 9.97 Å². The number of aryl methyl sites for hydroxylation is 3. The van der Waals surface area contributed by atoms with Crippen LogP contribution in [0.25, 0.3) is 32.0 Å². The molecule has 0 N–H and O–H groups in total. The van der Waals surface area contributed by atoms with E-state index in [0.29, 0.717) is 21.7 Å². The third-order valence-electron chi connectivity index (χ3n) is 5.68. The highest BCUT2D eigenvalue weighted by atomic mass is 32.1. The number of ether oxygens (including phenoxy) is 1. The summed E-state index contributed by atoms with van der Waals surface area (Å²) in [6, 6.07) is 9.21. The van der Waals surface area contributed by atoms with Crippen molar-refractivity contribution in [3.05, 3.63) is 87.3 Å². The van der Waals surface area contributed by atoms with E-state index in [1.807, 2.05) is 42.8 Å². The fourth-order valence-electron chi connectivity index (χ4n) is 4.00. The Kier molecular flexibility index (Phi) is 4.98. The molecule has 0 amide bonds. The highest BCUT2D eigenvalue weighted by Gasteiger charge is 2.21. The van der Waals surface area contributed by atoms with Gasteiger partial charge in [0.1, 0.15) is 10.6 Å². The molecule has 0 bridgehead atoms. The summed E-state index contributed by atoms with van der Waals surface area (Å²) in [6.07, 6.45) is 6.80. The summed E-state index contributed by atoms with van der Waals surface area (Å²) in [5.74, 6) is 0.685. The number of rotatable bonds is 4. The number of aromatic nitrogens is 5. The summed E-state index contributed by atoms with van der Waals surface area (Å²) in [6.45, 7) is 3.84. The quantitative estimate of drug-likeness (QED) is 0.410. The zero-order chi connectivity index (χ0) is 23.3. The molecule has 5 aromatic rings. The Morgan fingerprint density at radius 3 is 2.48 bits per heavy atom. The van der Waals surface area contributed by atoms with E-state index < -0.39 is 5.69 Å². The smallest absolute Gasteiger partial charge is 0.336 e. The summed E-state index contributed by atoms with van der Waals surface area (Å²) in [5.41, 5.74) is 3.28. The van der Waals surface area contributed by atoms with Crippen LogP contribution in [-0.2, 0) is 7.05 Å². The molecule has 33 heavy (non-hydrogen) atoms. The van der Waals surface area contributed by atoms with Crippen LogP contribution in [-0.4, -0.2) is 30.8 Å². The molecule has 0 saturated carbocycles. The fraction of sp³-hybridized carbons (Fsp3) is 0.167. The second kappa shape index (κ2) is 7.86. The average molecular weight is 460 g/mol. The van der Waals surface area contributed by atoms with Gasteiger partial charge in [0, 0.05) is 30.5 Å². The van der Waals surface area contributed by atoms with Gasteiger partial charge >= 0.3 is 5.69 Å². The third-order valence-corrected chi connectivity index (χ3v) is 7.10. The first kappa shape index (κ1) is 20.9. The summed E-state index contributed by atoms with van der Waals surface area (Å²) in [5, 5.41) is 0.530. The summed E-state index contributed by atoms with van der Waals surface area (Å²) >= 11 is 1.42. The van der Waals surface area contributed by atoms with Crippen LogP contribution >= 0.6 is 11.3 Å². The molecule has 0 spiro atoms. The van der Waals surface area contributed by atoms with E-state index >= 15 is 0 Å². The Bertz CT molecular complexity index is 1630. The minimum atomic E-state index is -0.394. The Balaban J connectivity index is 1.73. The van der Waals surface area contributed by atoms with E-state index in [1.54, 1.807) is 45.0 Å². The standard InChI is InChI=1S/C24H21N5O3S/c1-14-12-28(13-26-14)18-6-5-16(11-19(18)32-4)21-15(2)20-22(30)29(17-7-9-25-10-8-17)24(31)27(3)23(20)33-21/h5-13H,1-4H3. The van der Waals surface area contributed by atoms with Gasteiger partial charge in [0.25, 0.3) is 5.56 Å². The molecule has 0 saturated heterocycles. The van der Waals surface area contributed by atoms with Gasteiger partial charge in [0.05, 0.1) is 35.9 Å². The van der Waals surface area contributed by atoms with Crippen molar-refractivity contribution in [2.24, 2.45) is 7.05 Å². The average Bonchev–Trinajstić information content (AvgIpc) is 3.41. The van der Waals surface area contributed by atoms with Gasteiger partial charge in [-0.1, -0.05) is 6.07 Å². The van der Waals surface area contributed by atoms with Gasteiger partial charge < -0.3 is 9.30 Å². The molecule has 5 rings (SSSR count). The first-order chi connectivity index (χ1) is 15.9. The van der Waals surface area contributed by atoms with Crippen molar-refractivity contribution >= 4 is 21.6 Å². The normalized spacial score (nSPS) is 11.3. The van der Waals surface area contributed by atoms with Crippen molar-refractivity contribution in [1.82, 2.24) is 23.7 Å². The predicted octanol–water partition coefficient (Wildman–Crippen LogP) is 3.62. The van der Waals surface area contributed by atoms with Crippen molar-refractivity contribution in [2.45, 2.75) is 13.8 Å². The van der Waals surface area contributed by atoms with Gasteiger partial charge in [-0.25, -0.2) is 14.3 Å². The van der Waals surface area contributed by atoms with Crippen LogP contribution in [0.3, 0.4) is 0 Å². The van der Waals surface area contributed by atoms with Crippen molar-refractivity contribution in [3.8, 4) is 27.6 Å². The minimum absolute atomic E-state index is 0.336. The lowest BCUT2D eigenvalue weighted by molar-refractivity contribution is 0.413. The topological polar surface area (TPSA) is 83.9 Å². The number of imidazole rings is 1. The third kappa shape index (κ3) is 3.28. The molecule has 1 aromatic carbocycles. The second-order valence-corrected chi connectivity index (χ2v) is 8.73. The van der Waals surface area contributed by atoms with Gasteiger partial charge in [0.15, 0.2) is 0 Å². The zero-order valence-corrected chi connectivity index (χ0v) is 19.4. The van der Waals surface area contributed by atoms with Crippen LogP contribution in [0.5, 0.6) is 5.75 Å². The Morgan fingerprint density at radius 2 is 1.82 bits per heavy atom. The maximum atomic E-state index is 13.4.